The average molecular weight is 237 g/mol. The maximum Gasteiger partial charge on any atom is 0.164 e. The summed E-state index contributed by atoms with van der Waals surface area (Å²) in [5.41, 5.74) is 0.856. The zero-order valence-electron chi connectivity index (χ0n) is 10.1. The zero-order chi connectivity index (χ0) is 12.4. The van der Waals surface area contributed by atoms with Gasteiger partial charge in [-0.25, -0.2) is 4.39 Å². The highest BCUT2D eigenvalue weighted by atomic mass is 19.1. The van der Waals surface area contributed by atoms with Gasteiger partial charge in [0.25, 0.3) is 0 Å². The van der Waals surface area contributed by atoms with E-state index in [1.54, 1.807) is 12.1 Å². The fraction of sp³-hybridized carbons (Fsp3) is 0.462. The Balaban J connectivity index is 2.43. The molecule has 0 bridgehead atoms. The molecule has 0 unspecified atom stereocenters. The van der Waals surface area contributed by atoms with Crippen LogP contribution in [0.15, 0.2) is 18.2 Å². The van der Waals surface area contributed by atoms with Crippen molar-refractivity contribution < 1.29 is 13.9 Å². The second-order valence-electron chi connectivity index (χ2n) is 4.31. The summed E-state index contributed by atoms with van der Waals surface area (Å²) in [6.07, 6.45) is 0. The number of ketones is 1. The topological polar surface area (TPSA) is 29.5 Å². The summed E-state index contributed by atoms with van der Waals surface area (Å²) in [5, 5.41) is 0. The molecule has 1 heterocycles. The molecule has 0 amide bonds. The number of ether oxygens (including phenoxy) is 1. The second kappa shape index (κ2) is 4.84. The normalized spacial score (nSPS) is 20.4. The molecule has 1 atom stereocenters. The molecule has 3 nitrogen and oxygen atoms in total. The number of rotatable bonds is 2. The molecule has 0 saturated carbocycles. The molecule has 2 rings (SSSR count). The lowest BCUT2D eigenvalue weighted by Gasteiger charge is -2.36. The van der Waals surface area contributed by atoms with Crippen LogP contribution in [0.2, 0.25) is 0 Å². The molecular weight excluding hydrogens is 221 g/mol. The molecule has 0 spiro atoms. The fourth-order valence-corrected chi connectivity index (χ4v) is 2.19. The first kappa shape index (κ1) is 12.0. The van der Waals surface area contributed by atoms with Gasteiger partial charge in [0.1, 0.15) is 5.82 Å². The van der Waals surface area contributed by atoms with Gasteiger partial charge in [-0.05, 0) is 26.0 Å². The van der Waals surface area contributed by atoms with E-state index in [4.69, 9.17) is 4.74 Å². The van der Waals surface area contributed by atoms with Crippen LogP contribution in [0.5, 0.6) is 0 Å². The number of benzene rings is 1. The van der Waals surface area contributed by atoms with Crippen LogP contribution in [0.4, 0.5) is 10.1 Å². The van der Waals surface area contributed by atoms with Gasteiger partial charge in [0.05, 0.1) is 24.5 Å². The van der Waals surface area contributed by atoms with E-state index in [1.807, 2.05) is 11.8 Å². The van der Waals surface area contributed by atoms with Crippen molar-refractivity contribution in [2.24, 2.45) is 0 Å². The van der Waals surface area contributed by atoms with Gasteiger partial charge in [0.2, 0.25) is 0 Å². The molecule has 1 aliphatic rings. The molecule has 4 heteroatoms. The minimum atomic E-state index is -0.450. The number of hydrogen-bond acceptors (Lipinski definition) is 3. The maximum absolute atomic E-state index is 13.7. The predicted molar refractivity (Wildman–Crippen MR) is 64.0 cm³/mol. The fourth-order valence-electron chi connectivity index (χ4n) is 2.19. The van der Waals surface area contributed by atoms with Crippen LogP contribution >= 0.6 is 0 Å². The van der Waals surface area contributed by atoms with Crippen molar-refractivity contribution >= 4 is 11.5 Å². The van der Waals surface area contributed by atoms with Gasteiger partial charge >= 0.3 is 0 Å². The highest BCUT2D eigenvalue weighted by Gasteiger charge is 2.24. The first-order valence-electron chi connectivity index (χ1n) is 5.75. The van der Waals surface area contributed by atoms with Crippen LogP contribution < -0.4 is 4.90 Å². The van der Waals surface area contributed by atoms with Crippen LogP contribution in [-0.2, 0) is 4.74 Å². The van der Waals surface area contributed by atoms with Crippen molar-refractivity contribution in [2.45, 2.75) is 19.9 Å². The Kier molecular flexibility index (Phi) is 3.43. The molecule has 1 aliphatic heterocycles. The smallest absolute Gasteiger partial charge is 0.164 e. The van der Waals surface area contributed by atoms with E-state index in [1.165, 1.54) is 13.0 Å². The highest BCUT2D eigenvalue weighted by molar-refractivity contribution is 6.00. The van der Waals surface area contributed by atoms with Gasteiger partial charge < -0.3 is 9.64 Å². The molecule has 0 radical (unpaired) electrons. The molecule has 1 fully saturated rings. The summed E-state index contributed by atoms with van der Waals surface area (Å²) < 4.78 is 19.0. The lowest BCUT2D eigenvalue weighted by atomic mass is 10.1. The van der Waals surface area contributed by atoms with Crippen molar-refractivity contribution in [1.82, 2.24) is 0 Å². The van der Waals surface area contributed by atoms with Crippen molar-refractivity contribution in [3.05, 3.63) is 29.6 Å². The van der Waals surface area contributed by atoms with Crippen molar-refractivity contribution in [3.8, 4) is 0 Å². The minimum absolute atomic E-state index is 0.156. The van der Waals surface area contributed by atoms with Crippen molar-refractivity contribution in [1.29, 1.82) is 0 Å². The summed E-state index contributed by atoms with van der Waals surface area (Å²) in [6, 6.07) is 4.91. The minimum Gasteiger partial charge on any atom is -0.377 e. The van der Waals surface area contributed by atoms with E-state index in [9.17, 15) is 9.18 Å². The third kappa shape index (κ3) is 2.31. The monoisotopic (exact) mass is 237 g/mol. The SMILES string of the molecule is CC(=O)c1c(F)cccc1N1CCOC[C@H]1C. The van der Waals surface area contributed by atoms with E-state index in [0.29, 0.717) is 25.4 Å². The molecule has 1 aromatic rings. The Hall–Kier alpha value is -1.42. The molecular formula is C13H16FNO2. The Bertz CT molecular complexity index is 433. The summed E-state index contributed by atoms with van der Waals surface area (Å²) in [5.74, 6) is -0.689. The molecule has 1 aromatic carbocycles. The van der Waals surface area contributed by atoms with E-state index in [-0.39, 0.29) is 17.4 Å². The van der Waals surface area contributed by atoms with E-state index in [2.05, 4.69) is 0 Å². The lowest BCUT2D eigenvalue weighted by Crippen LogP contribution is -2.44. The molecule has 1 saturated heterocycles. The van der Waals surface area contributed by atoms with Gasteiger partial charge in [0.15, 0.2) is 5.78 Å². The van der Waals surface area contributed by atoms with Crippen LogP contribution in [-0.4, -0.2) is 31.6 Å². The Morgan fingerprint density at radius 3 is 2.94 bits per heavy atom. The number of carbonyl (C=O) groups excluding carboxylic acids is 1. The Labute approximate surface area is 100 Å². The largest absolute Gasteiger partial charge is 0.377 e. The van der Waals surface area contributed by atoms with E-state index >= 15 is 0 Å². The van der Waals surface area contributed by atoms with Crippen LogP contribution in [0.3, 0.4) is 0 Å². The van der Waals surface area contributed by atoms with Gasteiger partial charge in [-0.1, -0.05) is 6.07 Å². The quantitative estimate of drug-likeness (QED) is 0.739. The molecule has 0 N–H and O–H groups in total. The van der Waals surface area contributed by atoms with Crippen molar-refractivity contribution in [3.63, 3.8) is 0 Å². The van der Waals surface area contributed by atoms with Crippen LogP contribution in [0.1, 0.15) is 24.2 Å². The molecule has 0 aliphatic carbocycles. The summed E-state index contributed by atoms with van der Waals surface area (Å²) in [4.78, 5) is 13.6. The molecule has 0 aromatic heterocycles. The molecule has 92 valence electrons. The highest BCUT2D eigenvalue weighted by Crippen LogP contribution is 2.26. The first-order valence-corrected chi connectivity index (χ1v) is 5.75. The van der Waals surface area contributed by atoms with E-state index in [0.717, 1.165) is 0 Å². The van der Waals surface area contributed by atoms with Gasteiger partial charge in [-0.2, -0.15) is 0 Å². The van der Waals surface area contributed by atoms with Crippen LogP contribution in [0.25, 0.3) is 0 Å². The van der Waals surface area contributed by atoms with Crippen molar-refractivity contribution in [2.75, 3.05) is 24.7 Å². The number of carbonyl (C=O) groups is 1. The van der Waals surface area contributed by atoms with Gasteiger partial charge in [0, 0.05) is 12.6 Å². The first-order chi connectivity index (χ1) is 8.11. The van der Waals surface area contributed by atoms with Gasteiger partial charge in [-0.15, -0.1) is 0 Å². The van der Waals surface area contributed by atoms with Gasteiger partial charge in [-0.3, -0.25) is 4.79 Å². The average Bonchev–Trinajstić information content (AvgIpc) is 2.28. The Morgan fingerprint density at radius 1 is 1.53 bits per heavy atom. The standard InChI is InChI=1S/C13H16FNO2/c1-9-8-17-7-6-15(9)12-5-3-4-11(14)13(12)10(2)16/h3-5,9H,6-8H2,1-2H3/t9-/m1/s1. The summed E-state index contributed by atoms with van der Waals surface area (Å²) >= 11 is 0. The number of halogens is 1. The third-order valence-corrected chi connectivity index (χ3v) is 3.02. The van der Waals surface area contributed by atoms with Crippen LogP contribution in [0, 0.1) is 5.82 Å². The number of anilines is 1. The second-order valence-corrected chi connectivity index (χ2v) is 4.31. The number of nitrogens with zero attached hydrogens (tertiary/aromatic N) is 1. The number of hydrogen-bond donors (Lipinski definition) is 0. The zero-order valence-corrected chi connectivity index (χ0v) is 10.1. The number of Topliss-reactive ketones (excluding diaryl/α,β-unsaturated/α-hetero) is 1. The van der Waals surface area contributed by atoms with E-state index < -0.39 is 5.82 Å². The molecule has 17 heavy (non-hydrogen) atoms. The third-order valence-electron chi connectivity index (χ3n) is 3.02. The summed E-state index contributed by atoms with van der Waals surface area (Å²) in [7, 11) is 0. The number of morpholine rings is 1. The predicted octanol–water partition coefficient (Wildman–Crippen LogP) is 2.25. The maximum atomic E-state index is 13.7. The summed E-state index contributed by atoms with van der Waals surface area (Å²) in [6.45, 7) is 5.30. The Morgan fingerprint density at radius 2 is 2.29 bits per heavy atom. The lowest BCUT2D eigenvalue weighted by molar-refractivity contribution is 0.0971.